The number of halogens is 3. The summed E-state index contributed by atoms with van der Waals surface area (Å²) < 4.78 is 24.8. The van der Waals surface area contributed by atoms with Gasteiger partial charge in [-0.1, -0.05) is 35.4 Å². The van der Waals surface area contributed by atoms with Crippen LogP contribution in [0.25, 0.3) is 16.8 Å². The lowest BCUT2D eigenvalue weighted by molar-refractivity contribution is 0.0507. The Morgan fingerprint density at radius 2 is 2.08 bits per heavy atom. The maximum absolute atomic E-state index is 14.3. The van der Waals surface area contributed by atoms with Crippen LogP contribution >= 0.6 is 23.2 Å². The number of nitrogens with zero attached hydrogens (tertiary/aromatic N) is 1. The second kappa shape index (κ2) is 9.48. The second-order valence-electron chi connectivity index (χ2n) is 5.12. The van der Waals surface area contributed by atoms with E-state index in [-0.39, 0.29) is 17.5 Å². The first-order chi connectivity index (χ1) is 12.5. The molecule has 4 nitrogen and oxygen atoms in total. The molecule has 1 heterocycles. The topological polar surface area (TPSA) is 55.2 Å². The predicted octanol–water partition coefficient (Wildman–Crippen LogP) is 5.79. The Kier molecular flexibility index (Phi) is 7.33. The molecule has 0 aliphatic rings. The minimum atomic E-state index is -0.466. The number of allylic oxidation sites excluding steroid dienone is 4. The maximum Gasteiger partial charge on any atom is 0.188 e. The summed E-state index contributed by atoms with van der Waals surface area (Å²) in [6.07, 6.45) is 6.25. The van der Waals surface area contributed by atoms with Crippen LogP contribution in [-0.2, 0) is 4.74 Å². The van der Waals surface area contributed by atoms with Crippen LogP contribution in [-0.4, -0.2) is 25.1 Å². The first-order valence-corrected chi connectivity index (χ1v) is 8.39. The van der Waals surface area contributed by atoms with Crippen LogP contribution in [0.3, 0.4) is 0 Å². The van der Waals surface area contributed by atoms with E-state index in [1.807, 2.05) is 13.0 Å². The molecular weight excluding hydrogens is 378 g/mol. The Morgan fingerprint density at radius 3 is 2.73 bits per heavy atom. The van der Waals surface area contributed by atoms with Gasteiger partial charge in [-0.25, -0.2) is 9.37 Å². The molecule has 0 spiro atoms. The highest BCUT2D eigenvalue weighted by Gasteiger charge is 2.18. The molecule has 0 fully saturated rings. The van der Waals surface area contributed by atoms with Crippen molar-refractivity contribution in [1.29, 1.82) is 5.41 Å². The number of benzene rings is 1. The van der Waals surface area contributed by atoms with Gasteiger partial charge in [0.05, 0.1) is 5.69 Å². The number of pyridine rings is 1. The number of aromatic nitrogens is 1. The predicted molar refractivity (Wildman–Crippen MR) is 104 cm³/mol. The zero-order valence-electron chi connectivity index (χ0n) is 14.2. The molecule has 136 valence electrons. The molecule has 0 saturated heterocycles. The Labute approximate surface area is 161 Å². The molecule has 0 aliphatic heterocycles. The Balaban J connectivity index is 2.68. The fourth-order valence-corrected chi connectivity index (χ4v) is 2.72. The third kappa shape index (κ3) is 4.69. The largest absolute Gasteiger partial charge is 0.464 e. The summed E-state index contributed by atoms with van der Waals surface area (Å²) in [5.74, 6) is -0.158. The molecule has 0 amide bonds. The van der Waals surface area contributed by atoms with Crippen molar-refractivity contribution in [2.24, 2.45) is 0 Å². The molecule has 1 aromatic heterocycles. The van der Waals surface area contributed by atoms with Crippen LogP contribution in [0.4, 0.5) is 4.39 Å². The first kappa shape index (κ1) is 20.1. The lowest BCUT2D eigenvalue weighted by atomic mass is 10.0. The number of hydrogen-bond donors (Lipinski definition) is 1. The highest BCUT2D eigenvalue weighted by Crippen LogP contribution is 2.37. The maximum atomic E-state index is 14.3. The van der Waals surface area contributed by atoms with E-state index in [2.05, 4.69) is 4.98 Å². The van der Waals surface area contributed by atoms with E-state index in [1.54, 1.807) is 18.2 Å². The van der Waals surface area contributed by atoms with Gasteiger partial charge >= 0.3 is 0 Å². The standard InChI is InChI=1S/C19H17Cl2FN2O2/c1-3-12(5-4-8-23)14-10-17(15-9-13(20)6-7-16(15)22)24-19(21)18(14)26-11-25-2/h3-10,23H,11H2,1-2H3/b5-4-,12-3+,23-8?. The molecule has 26 heavy (non-hydrogen) atoms. The molecule has 0 saturated carbocycles. The summed E-state index contributed by atoms with van der Waals surface area (Å²) >= 11 is 12.3. The normalized spacial score (nSPS) is 11.8. The fourth-order valence-electron chi connectivity index (χ4n) is 2.30. The van der Waals surface area contributed by atoms with Gasteiger partial charge in [0.15, 0.2) is 17.7 Å². The van der Waals surface area contributed by atoms with Crippen LogP contribution in [0, 0.1) is 11.2 Å². The minimum absolute atomic E-state index is 0.0233. The fraction of sp³-hybridized carbons (Fsp3) is 0.158. The van der Waals surface area contributed by atoms with Crippen molar-refractivity contribution >= 4 is 35.0 Å². The zero-order chi connectivity index (χ0) is 19.1. The van der Waals surface area contributed by atoms with Crippen LogP contribution in [0.1, 0.15) is 12.5 Å². The molecule has 2 aromatic rings. The van der Waals surface area contributed by atoms with Gasteiger partial charge in [-0.15, -0.1) is 0 Å². The van der Waals surface area contributed by atoms with Gasteiger partial charge in [-0.2, -0.15) is 0 Å². The van der Waals surface area contributed by atoms with Gasteiger partial charge < -0.3 is 14.9 Å². The summed E-state index contributed by atoms with van der Waals surface area (Å²) in [7, 11) is 1.49. The van der Waals surface area contributed by atoms with E-state index in [0.29, 0.717) is 22.0 Å². The van der Waals surface area contributed by atoms with Crippen LogP contribution in [0.2, 0.25) is 10.2 Å². The van der Waals surface area contributed by atoms with Gasteiger partial charge in [0, 0.05) is 29.5 Å². The Bertz CT molecular complexity index is 867. The third-order valence-electron chi connectivity index (χ3n) is 3.45. The summed E-state index contributed by atoms with van der Waals surface area (Å²) in [5.41, 5.74) is 1.87. The lowest BCUT2D eigenvalue weighted by Crippen LogP contribution is -2.04. The van der Waals surface area contributed by atoms with E-state index in [4.69, 9.17) is 38.1 Å². The van der Waals surface area contributed by atoms with Crippen LogP contribution in [0.15, 0.2) is 42.5 Å². The average Bonchev–Trinajstić information content (AvgIpc) is 2.63. The van der Waals surface area contributed by atoms with Crippen molar-refractivity contribution in [3.05, 3.63) is 64.0 Å². The molecule has 1 aromatic carbocycles. The van der Waals surface area contributed by atoms with E-state index < -0.39 is 5.82 Å². The molecule has 0 atom stereocenters. The van der Waals surface area contributed by atoms with Gasteiger partial charge in [0.2, 0.25) is 0 Å². The SMILES string of the molecule is C/C=C(\C=C/C=N)c1cc(-c2cc(Cl)ccc2F)nc(Cl)c1OCOC. The molecule has 7 heteroatoms. The smallest absolute Gasteiger partial charge is 0.188 e. The molecule has 0 unspecified atom stereocenters. The minimum Gasteiger partial charge on any atom is -0.464 e. The van der Waals surface area contributed by atoms with Gasteiger partial charge in [-0.3, -0.25) is 0 Å². The Hall–Kier alpha value is -2.21. The number of methoxy groups -OCH3 is 1. The Morgan fingerprint density at radius 1 is 1.31 bits per heavy atom. The van der Waals surface area contributed by atoms with E-state index in [0.717, 1.165) is 11.8 Å². The highest BCUT2D eigenvalue weighted by molar-refractivity contribution is 6.31. The van der Waals surface area contributed by atoms with Crippen molar-refractivity contribution < 1.29 is 13.9 Å². The number of rotatable bonds is 7. The van der Waals surface area contributed by atoms with E-state index >= 15 is 0 Å². The molecule has 1 N–H and O–H groups in total. The van der Waals surface area contributed by atoms with E-state index in [9.17, 15) is 4.39 Å². The summed E-state index contributed by atoms with van der Waals surface area (Å²) in [6.45, 7) is 1.81. The van der Waals surface area contributed by atoms with Crippen molar-refractivity contribution in [2.45, 2.75) is 6.92 Å². The van der Waals surface area contributed by atoms with Crippen molar-refractivity contribution in [2.75, 3.05) is 13.9 Å². The molecule has 2 rings (SSSR count). The number of ether oxygens (including phenoxy) is 2. The van der Waals surface area contributed by atoms with Gasteiger partial charge in [0.1, 0.15) is 5.82 Å². The van der Waals surface area contributed by atoms with Gasteiger partial charge in [-0.05, 0) is 42.8 Å². The van der Waals surface area contributed by atoms with Gasteiger partial charge in [0.25, 0.3) is 0 Å². The number of nitrogens with one attached hydrogen (secondary N) is 1. The highest BCUT2D eigenvalue weighted by atomic mass is 35.5. The van der Waals surface area contributed by atoms with Crippen molar-refractivity contribution in [1.82, 2.24) is 4.98 Å². The third-order valence-corrected chi connectivity index (χ3v) is 3.94. The summed E-state index contributed by atoms with van der Waals surface area (Å²) in [6, 6.07) is 5.88. The second-order valence-corrected chi connectivity index (χ2v) is 5.91. The monoisotopic (exact) mass is 394 g/mol. The molecule has 0 aliphatic carbocycles. The zero-order valence-corrected chi connectivity index (χ0v) is 15.7. The molecule has 0 radical (unpaired) electrons. The van der Waals surface area contributed by atoms with Crippen molar-refractivity contribution in [3.63, 3.8) is 0 Å². The molecule has 0 bridgehead atoms. The molecular formula is C19H17Cl2FN2O2. The van der Waals surface area contributed by atoms with E-state index in [1.165, 1.54) is 25.3 Å². The quantitative estimate of drug-likeness (QED) is 0.280. The first-order valence-electron chi connectivity index (χ1n) is 7.63. The summed E-state index contributed by atoms with van der Waals surface area (Å²) in [5, 5.41) is 7.63. The van der Waals surface area contributed by atoms with Crippen LogP contribution in [0.5, 0.6) is 5.75 Å². The van der Waals surface area contributed by atoms with Crippen LogP contribution < -0.4 is 4.74 Å². The van der Waals surface area contributed by atoms with Crippen molar-refractivity contribution in [3.8, 4) is 17.0 Å². The number of hydrogen-bond acceptors (Lipinski definition) is 4. The average molecular weight is 395 g/mol. The summed E-state index contributed by atoms with van der Waals surface area (Å²) in [4.78, 5) is 4.25. The lowest BCUT2D eigenvalue weighted by Gasteiger charge is -2.15.